The highest BCUT2D eigenvalue weighted by Crippen LogP contribution is 2.29. The van der Waals surface area contributed by atoms with Crippen LogP contribution in [-0.4, -0.2) is 12.8 Å². The van der Waals surface area contributed by atoms with E-state index in [1.807, 2.05) is 0 Å². The summed E-state index contributed by atoms with van der Waals surface area (Å²) in [7, 11) is 0. The van der Waals surface area contributed by atoms with Crippen LogP contribution in [0, 0.1) is 5.82 Å². The van der Waals surface area contributed by atoms with Gasteiger partial charge in [-0.15, -0.1) is 11.8 Å². The summed E-state index contributed by atoms with van der Waals surface area (Å²) in [5.41, 5.74) is 6.21. The summed E-state index contributed by atoms with van der Waals surface area (Å²) in [5.74, 6) is -0.261. The summed E-state index contributed by atoms with van der Waals surface area (Å²) >= 11 is 7.18. The van der Waals surface area contributed by atoms with Crippen molar-refractivity contribution in [3.8, 4) is 0 Å². The highest BCUT2D eigenvalue weighted by Gasteiger charge is 2.07. The van der Waals surface area contributed by atoms with Gasteiger partial charge in [-0.05, 0) is 36.9 Å². The summed E-state index contributed by atoms with van der Waals surface area (Å²) in [4.78, 5) is 0.502. The number of hydrogen-bond acceptors (Lipinski definition) is 2. The predicted octanol–water partition coefficient (Wildman–Crippen LogP) is 2.70. The Bertz CT molecular complexity index is 281. The van der Waals surface area contributed by atoms with Gasteiger partial charge in [-0.2, -0.15) is 0 Å². The summed E-state index contributed by atoms with van der Waals surface area (Å²) in [6, 6.07) is 3.26. The second-order valence-corrected chi connectivity index (χ2v) is 3.86. The van der Waals surface area contributed by atoms with Crippen LogP contribution < -0.4 is 5.73 Å². The Balaban J connectivity index is 3.05. The monoisotopic (exact) mass is 219 g/mol. The van der Waals surface area contributed by atoms with Crippen LogP contribution in [-0.2, 0) is 6.42 Å². The molecule has 13 heavy (non-hydrogen) atoms. The molecule has 1 aromatic rings. The van der Waals surface area contributed by atoms with Crippen molar-refractivity contribution in [3.63, 3.8) is 0 Å². The topological polar surface area (TPSA) is 26.0 Å². The van der Waals surface area contributed by atoms with Crippen LogP contribution in [0.25, 0.3) is 0 Å². The first-order valence-electron chi connectivity index (χ1n) is 3.91. The second kappa shape index (κ2) is 4.84. The third-order valence-corrected chi connectivity index (χ3v) is 2.93. The second-order valence-electron chi connectivity index (χ2n) is 2.63. The van der Waals surface area contributed by atoms with Crippen molar-refractivity contribution in [2.24, 2.45) is 5.73 Å². The Hall–Kier alpha value is -0.250. The van der Waals surface area contributed by atoms with Crippen molar-refractivity contribution in [1.29, 1.82) is 0 Å². The van der Waals surface area contributed by atoms with Gasteiger partial charge in [-0.3, -0.25) is 0 Å². The molecule has 0 fully saturated rings. The van der Waals surface area contributed by atoms with Crippen molar-refractivity contribution >= 4 is 23.4 Å². The van der Waals surface area contributed by atoms with Gasteiger partial charge in [-0.1, -0.05) is 11.6 Å². The van der Waals surface area contributed by atoms with E-state index in [4.69, 9.17) is 17.3 Å². The van der Waals surface area contributed by atoms with E-state index in [-0.39, 0.29) is 5.82 Å². The molecule has 2 N–H and O–H groups in total. The molecule has 1 rings (SSSR count). The molecule has 0 spiro atoms. The molecule has 0 aliphatic heterocycles. The maximum absolute atomic E-state index is 13.3. The van der Waals surface area contributed by atoms with Crippen LogP contribution in [0.2, 0.25) is 5.02 Å². The van der Waals surface area contributed by atoms with E-state index in [0.717, 1.165) is 5.56 Å². The Kier molecular flexibility index (Phi) is 4.03. The van der Waals surface area contributed by atoms with Gasteiger partial charge in [0.25, 0.3) is 0 Å². The first-order chi connectivity index (χ1) is 6.19. The van der Waals surface area contributed by atoms with Gasteiger partial charge in [-0.25, -0.2) is 4.39 Å². The average Bonchev–Trinajstić information content (AvgIpc) is 2.04. The molecule has 72 valence electrons. The molecule has 0 aliphatic rings. The van der Waals surface area contributed by atoms with E-state index < -0.39 is 0 Å². The lowest BCUT2D eigenvalue weighted by Gasteiger charge is -2.05. The summed E-state index contributed by atoms with van der Waals surface area (Å²) in [5, 5.41) is 0.468. The molecule has 0 bridgehead atoms. The van der Waals surface area contributed by atoms with E-state index in [1.54, 1.807) is 12.3 Å². The lowest BCUT2D eigenvalue weighted by molar-refractivity contribution is 0.600. The fourth-order valence-electron chi connectivity index (χ4n) is 1.12. The Morgan fingerprint density at radius 1 is 1.54 bits per heavy atom. The zero-order valence-corrected chi connectivity index (χ0v) is 8.88. The quantitative estimate of drug-likeness (QED) is 0.792. The highest BCUT2D eigenvalue weighted by atomic mass is 35.5. The van der Waals surface area contributed by atoms with Gasteiger partial charge < -0.3 is 5.73 Å². The fraction of sp³-hybridized carbons (Fsp3) is 0.333. The zero-order chi connectivity index (χ0) is 9.84. The zero-order valence-electron chi connectivity index (χ0n) is 7.31. The number of hydrogen-bond donors (Lipinski definition) is 1. The molecule has 0 aliphatic carbocycles. The lowest BCUT2D eigenvalue weighted by Crippen LogP contribution is -2.03. The van der Waals surface area contributed by atoms with Gasteiger partial charge in [0.1, 0.15) is 5.82 Å². The fourth-order valence-corrected chi connectivity index (χ4v) is 2.09. The predicted molar refractivity (Wildman–Crippen MR) is 55.9 cm³/mol. The molecule has 0 radical (unpaired) electrons. The molecule has 1 nitrogen and oxygen atoms in total. The van der Waals surface area contributed by atoms with Gasteiger partial charge in [0.05, 0.1) is 9.92 Å². The van der Waals surface area contributed by atoms with Gasteiger partial charge in [0.2, 0.25) is 0 Å². The molecule has 0 unspecified atom stereocenters. The van der Waals surface area contributed by atoms with E-state index in [9.17, 15) is 4.39 Å². The Labute approximate surface area is 86.5 Å². The van der Waals surface area contributed by atoms with Crippen molar-refractivity contribution < 1.29 is 4.39 Å². The van der Waals surface area contributed by atoms with Crippen LogP contribution >= 0.6 is 23.4 Å². The van der Waals surface area contributed by atoms with Crippen molar-refractivity contribution in [2.45, 2.75) is 11.3 Å². The molecule has 4 heteroatoms. The van der Waals surface area contributed by atoms with Gasteiger partial charge >= 0.3 is 0 Å². The third-order valence-electron chi connectivity index (χ3n) is 1.70. The molecule has 0 aromatic heterocycles. The molecule has 0 saturated heterocycles. The third kappa shape index (κ3) is 2.59. The minimum Gasteiger partial charge on any atom is -0.330 e. The summed E-state index contributed by atoms with van der Waals surface area (Å²) < 4.78 is 13.3. The average molecular weight is 220 g/mol. The summed E-state index contributed by atoms with van der Waals surface area (Å²) in [6.07, 6.45) is 2.46. The largest absolute Gasteiger partial charge is 0.330 e. The Morgan fingerprint density at radius 2 is 2.23 bits per heavy atom. The van der Waals surface area contributed by atoms with Crippen LogP contribution in [0.1, 0.15) is 5.56 Å². The van der Waals surface area contributed by atoms with Crippen LogP contribution in [0.3, 0.4) is 0 Å². The number of thioether (sulfide) groups is 1. The van der Waals surface area contributed by atoms with Crippen LogP contribution in [0.4, 0.5) is 4.39 Å². The first-order valence-corrected chi connectivity index (χ1v) is 5.51. The molecule has 0 heterocycles. The maximum atomic E-state index is 13.3. The molecular weight excluding hydrogens is 209 g/mol. The van der Waals surface area contributed by atoms with Crippen LogP contribution in [0.5, 0.6) is 0 Å². The van der Waals surface area contributed by atoms with Crippen molar-refractivity contribution in [1.82, 2.24) is 0 Å². The van der Waals surface area contributed by atoms with E-state index in [0.29, 0.717) is 22.9 Å². The van der Waals surface area contributed by atoms with Crippen LogP contribution in [0.15, 0.2) is 17.0 Å². The maximum Gasteiger partial charge on any atom is 0.138 e. The van der Waals surface area contributed by atoms with Gasteiger partial charge in [0, 0.05) is 0 Å². The highest BCUT2D eigenvalue weighted by molar-refractivity contribution is 7.98. The number of nitrogens with two attached hydrogens (primary N) is 1. The van der Waals surface area contributed by atoms with Crippen molar-refractivity contribution in [3.05, 3.63) is 28.5 Å². The first kappa shape index (κ1) is 10.8. The number of benzene rings is 1. The molecule has 0 amide bonds. The number of halogens is 2. The minimum absolute atomic E-state index is 0.261. The molecular formula is C9H11ClFNS. The van der Waals surface area contributed by atoms with E-state index >= 15 is 0 Å². The number of rotatable bonds is 3. The molecule has 0 saturated carbocycles. The smallest absolute Gasteiger partial charge is 0.138 e. The van der Waals surface area contributed by atoms with Gasteiger partial charge in [0.15, 0.2) is 0 Å². The van der Waals surface area contributed by atoms with Crippen molar-refractivity contribution in [2.75, 3.05) is 12.8 Å². The van der Waals surface area contributed by atoms with E-state index in [1.165, 1.54) is 17.8 Å². The van der Waals surface area contributed by atoms with E-state index in [2.05, 4.69) is 0 Å². The lowest BCUT2D eigenvalue weighted by atomic mass is 10.1. The molecule has 0 atom stereocenters. The molecule has 1 aromatic carbocycles. The summed E-state index contributed by atoms with van der Waals surface area (Å²) in [6.45, 7) is 0.508. The Morgan fingerprint density at radius 3 is 2.69 bits per heavy atom. The standard InChI is InChI=1S/C9H11ClFNS/c1-13-9-7(10)4-6(2-3-12)5-8(9)11/h4-5H,2-3,12H2,1H3. The normalized spacial score (nSPS) is 10.5. The minimum atomic E-state index is -0.261. The SMILES string of the molecule is CSc1c(F)cc(CCN)cc1Cl.